The molecule has 6 heteroatoms. The Morgan fingerprint density at radius 2 is 1.42 bits per heavy atom. The Balaban J connectivity index is 1.74. The largest absolute Gasteiger partial charge is 0.489 e. The molecule has 2 heterocycles. The number of hydrogen-bond acceptors (Lipinski definition) is 2. The first-order chi connectivity index (χ1) is 15.8. The van der Waals surface area contributed by atoms with E-state index in [1.54, 1.807) is 0 Å². The van der Waals surface area contributed by atoms with Crippen LogP contribution in [-0.2, 0) is 12.8 Å². The summed E-state index contributed by atoms with van der Waals surface area (Å²) >= 11 is 5.37. The summed E-state index contributed by atoms with van der Waals surface area (Å²) in [7, 11) is 0. The minimum absolute atomic E-state index is 0.204. The van der Waals surface area contributed by atoms with Crippen LogP contribution < -0.4 is 20.1 Å². The maximum Gasteiger partial charge on any atom is 0.131 e. The van der Waals surface area contributed by atoms with Crippen molar-refractivity contribution in [2.45, 2.75) is 90.0 Å². The molecule has 0 saturated heterocycles. The topological polar surface area (TPSA) is 18.5 Å². The van der Waals surface area contributed by atoms with Crippen molar-refractivity contribution in [3.8, 4) is 11.5 Å². The number of halogens is 2. The lowest BCUT2D eigenvalue weighted by Gasteiger charge is -2.31. The molecule has 0 radical (unpaired) electrons. The standard InChI is InChI=1S/C27H36I2O2P2/c1-5-6-16-32(28)23-14-7-10-19-17-22-13-9-12-21(30-25(19)23)18-20-11-8-15-24(26(20)31-22)33(29)27(2,3)4/h7-8,10-11,14-15,21-22H,5-6,9,12-13,16-18H2,1-4H3. The number of benzene rings is 2. The van der Waals surface area contributed by atoms with Gasteiger partial charge in [-0.15, -0.1) is 0 Å². The molecule has 2 nitrogen and oxygen atoms in total. The van der Waals surface area contributed by atoms with Crippen LogP contribution >= 0.6 is 55.2 Å². The molecule has 2 aromatic rings. The summed E-state index contributed by atoms with van der Waals surface area (Å²) in [5, 5.41) is 3.10. The Labute approximate surface area is 228 Å². The summed E-state index contributed by atoms with van der Waals surface area (Å²) in [6.07, 6.45) is 9.46. The Morgan fingerprint density at radius 3 is 1.97 bits per heavy atom. The SMILES string of the molecule is CCCCP(I)c1cccc2c1OC1CCCC(C2)Oc2c(cccc2P(I)C(C)(C)C)C1. The van der Waals surface area contributed by atoms with E-state index in [2.05, 4.69) is 108 Å². The average molecular weight is 708 g/mol. The molecule has 0 saturated carbocycles. The van der Waals surface area contributed by atoms with Gasteiger partial charge in [0, 0.05) is 23.5 Å². The molecule has 4 atom stereocenters. The van der Waals surface area contributed by atoms with Crippen LogP contribution in [0.3, 0.4) is 0 Å². The summed E-state index contributed by atoms with van der Waals surface area (Å²) in [5.41, 5.74) is 2.11. The van der Waals surface area contributed by atoms with Gasteiger partial charge in [-0.2, -0.15) is 0 Å². The maximum absolute atomic E-state index is 6.97. The van der Waals surface area contributed by atoms with E-state index in [0.717, 1.165) is 37.9 Å². The fraction of sp³-hybridized carbons (Fsp3) is 0.556. The first-order valence-electron chi connectivity index (χ1n) is 12.2. The summed E-state index contributed by atoms with van der Waals surface area (Å²) in [5.74, 6) is 2.34. The second kappa shape index (κ2) is 11.6. The molecule has 0 fully saturated rings. The second-order valence-electron chi connectivity index (χ2n) is 10.2. The number of rotatable bonds is 5. The molecule has 2 aliphatic rings. The first kappa shape index (κ1) is 26.4. The molecule has 4 unspecified atom stereocenters. The van der Waals surface area contributed by atoms with Gasteiger partial charge in [-0.05, 0) is 109 Å². The number of hydrogen-bond donors (Lipinski definition) is 0. The normalized spacial score (nSPS) is 22.2. The molecule has 2 bridgehead atoms. The average Bonchev–Trinajstić information content (AvgIpc) is 2.91. The Morgan fingerprint density at radius 1 is 0.879 bits per heavy atom. The van der Waals surface area contributed by atoms with Gasteiger partial charge in [0.15, 0.2) is 0 Å². The van der Waals surface area contributed by atoms with E-state index >= 15 is 0 Å². The van der Waals surface area contributed by atoms with Gasteiger partial charge < -0.3 is 9.47 Å². The minimum atomic E-state index is -0.352. The van der Waals surface area contributed by atoms with E-state index in [1.165, 1.54) is 46.5 Å². The van der Waals surface area contributed by atoms with Crippen LogP contribution in [0.2, 0.25) is 0 Å². The highest BCUT2D eigenvalue weighted by atomic mass is 127. The zero-order valence-electron chi connectivity index (χ0n) is 20.2. The van der Waals surface area contributed by atoms with Gasteiger partial charge in [-0.1, -0.05) is 64.4 Å². The van der Waals surface area contributed by atoms with Gasteiger partial charge in [-0.3, -0.25) is 0 Å². The highest BCUT2D eigenvalue weighted by Gasteiger charge is 2.32. The second-order valence-corrected chi connectivity index (χ2v) is 20.7. The third-order valence-corrected chi connectivity index (χ3v) is 18.9. The molecular formula is C27H36I2O2P2. The number of unbranched alkanes of at least 4 members (excludes halogenated alkanes) is 1. The van der Waals surface area contributed by atoms with E-state index in [-0.39, 0.29) is 28.5 Å². The molecule has 180 valence electrons. The predicted molar refractivity (Wildman–Crippen MR) is 164 cm³/mol. The fourth-order valence-electron chi connectivity index (χ4n) is 4.66. The molecule has 0 N–H and O–H groups in total. The Bertz CT molecular complexity index is 960. The van der Waals surface area contributed by atoms with Crippen molar-refractivity contribution in [3.05, 3.63) is 47.5 Å². The van der Waals surface area contributed by atoms with Gasteiger partial charge >= 0.3 is 0 Å². The summed E-state index contributed by atoms with van der Waals surface area (Å²) < 4.78 is 13.9. The highest BCUT2D eigenvalue weighted by Crippen LogP contribution is 2.57. The molecule has 2 aliphatic heterocycles. The maximum atomic E-state index is 6.97. The number of para-hydroxylation sites is 2. The summed E-state index contributed by atoms with van der Waals surface area (Å²) in [6.45, 7) is 9.34. The molecule has 33 heavy (non-hydrogen) atoms. The molecule has 0 spiro atoms. The van der Waals surface area contributed by atoms with Crippen LogP contribution in [-0.4, -0.2) is 23.5 Å². The fourth-order valence-corrected chi connectivity index (χ4v) is 10.8. The van der Waals surface area contributed by atoms with E-state index in [4.69, 9.17) is 9.47 Å². The van der Waals surface area contributed by atoms with E-state index in [0.29, 0.717) is 0 Å². The van der Waals surface area contributed by atoms with Crippen LogP contribution in [0.4, 0.5) is 0 Å². The molecule has 0 amide bonds. The van der Waals surface area contributed by atoms with E-state index in [9.17, 15) is 0 Å². The molecule has 2 aromatic carbocycles. The van der Waals surface area contributed by atoms with Crippen molar-refractivity contribution in [2.24, 2.45) is 0 Å². The van der Waals surface area contributed by atoms with Gasteiger partial charge in [0.05, 0.1) is 0 Å². The van der Waals surface area contributed by atoms with Crippen molar-refractivity contribution in [2.75, 3.05) is 6.16 Å². The third kappa shape index (κ3) is 6.38. The molecule has 4 rings (SSSR count). The van der Waals surface area contributed by atoms with Gasteiger partial charge in [-0.25, -0.2) is 0 Å². The predicted octanol–water partition coefficient (Wildman–Crippen LogP) is 8.68. The molecule has 0 aliphatic carbocycles. The van der Waals surface area contributed by atoms with Crippen LogP contribution in [0.1, 0.15) is 70.9 Å². The number of ether oxygens (including phenoxy) is 2. The summed E-state index contributed by atoms with van der Waals surface area (Å²) in [4.78, 5) is 0. The lowest BCUT2D eigenvalue weighted by atomic mass is 10.0. The summed E-state index contributed by atoms with van der Waals surface area (Å²) in [6, 6.07) is 13.7. The van der Waals surface area contributed by atoms with Gasteiger partial charge in [0.25, 0.3) is 0 Å². The lowest BCUT2D eigenvalue weighted by Crippen LogP contribution is -2.28. The Hall–Kier alpha value is 0.360. The third-order valence-electron chi connectivity index (χ3n) is 6.44. The van der Waals surface area contributed by atoms with Crippen LogP contribution in [0, 0.1) is 0 Å². The monoisotopic (exact) mass is 708 g/mol. The first-order valence-corrected chi connectivity index (χ1v) is 20.7. The van der Waals surface area contributed by atoms with Crippen molar-refractivity contribution >= 4 is 65.8 Å². The van der Waals surface area contributed by atoms with E-state index in [1.807, 2.05) is 0 Å². The lowest BCUT2D eigenvalue weighted by molar-refractivity contribution is 0.189. The van der Waals surface area contributed by atoms with Gasteiger partial charge in [0.1, 0.15) is 23.7 Å². The van der Waals surface area contributed by atoms with Crippen molar-refractivity contribution in [3.63, 3.8) is 0 Å². The van der Waals surface area contributed by atoms with Crippen LogP contribution in [0.15, 0.2) is 36.4 Å². The smallest absolute Gasteiger partial charge is 0.131 e. The van der Waals surface area contributed by atoms with Crippen molar-refractivity contribution < 1.29 is 9.47 Å². The van der Waals surface area contributed by atoms with Crippen LogP contribution in [0.5, 0.6) is 11.5 Å². The number of fused-ring (bicyclic) bond motifs is 6. The van der Waals surface area contributed by atoms with E-state index < -0.39 is 0 Å². The van der Waals surface area contributed by atoms with Crippen molar-refractivity contribution in [1.82, 2.24) is 0 Å². The van der Waals surface area contributed by atoms with Crippen LogP contribution in [0.25, 0.3) is 0 Å². The zero-order valence-corrected chi connectivity index (χ0v) is 26.3. The quantitative estimate of drug-likeness (QED) is 0.229. The minimum Gasteiger partial charge on any atom is -0.489 e. The zero-order chi connectivity index (χ0) is 23.6. The highest BCUT2D eigenvalue weighted by molar-refractivity contribution is 14.2. The van der Waals surface area contributed by atoms with Gasteiger partial charge in [0.2, 0.25) is 0 Å². The molecular weight excluding hydrogens is 672 g/mol. The van der Waals surface area contributed by atoms with Crippen molar-refractivity contribution in [1.29, 1.82) is 0 Å². The Kier molecular flexibility index (Phi) is 9.29. The molecule has 0 aromatic heterocycles.